The molecule has 2 aromatic carbocycles. The van der Waals surface area contributed by atoms with Crippen molar-refractivity contribution in [2.75, 3.05) is 33.4 Å². The van der Waals surface area contributed by atoms with Gasteiger partial charge >= 0.3 is 6.03 Å². The molecule has 0 aromatic heterocycles. The second-order valence-corrected chi connectivity index (χ2v) is 6.05. The van der Waals surface area contributed by atoms with Crippen LogP contribution in [0.2, 0.25) is 0 Å². The number of hydrogen-bond donors (Lipinski definition) is 1. The van der Waals surface area contributed by atoms with Gasteiger partial charge < -0.3 is 19.7 Å². The van der Waals surface area contributed by atoms with E-state index in [0.29, 0.717) is 26.2 Å². The second kappa shape index (κ2) is 8.53. The van der Waals surface area contributed by atoms with Crippen molar-refractivity contribution >= 4 is 6.03 Å². The Morgan fingerprint density at radius 2 is 1.96 bits per heavy atom. The Kier molecular flexibility index (Phi) is 5.90. The van der Waals surface area contributed by atoms with E-state index in [0.717, 1.165) is 17.7 Å². The average molecular weight is 340 g/mol. The first-order valence-electron chi connectivity index (χ1n) is 8.58. The number of nitrogens with zero attached hydrogens (tertiary/aromatic N) is 1. The van der Waals surface area contributed by atoms with Crippen molar-refractivity contribution in [3.8, 4) is 5.75 Å². The number of amides is 2. The summed E-state index contributed by atoms with van der Waals surface area (Å²) in [4.78, 5) is 14.2. The van der Waals surface area contributed by atoms with Crippen LogP contribution in [0.25, 0.3) is 0 Å². The van der Waals surface area contributed by atoms with Crippen LogP contribution in [0, 0.1) is 0 Å². The third-order valence-electron chi connectivity index (χ3n) is 4.37. The fraction of sp³-hybridized carbons (Fsp3) is 0.350. The third-order valence-corrected chi connectivity index (χ3v) is 4.37. The zero-order chi connectivity index (χ0) is 17.5. The molecule has 2 aromatic rings. The molecule has 5 heteroatoms. The van der Waals surface area contributed by atoms with Crippen LogP contribution in [0.15, 0.2) is 54.6 Å². The van der Waals surface area contributed by atoms with Gasteiger partial charge in [0.05, 0.1) is 20.3 Å². The first-order chi connectivity index (χ1) is 12.3. The van der Waals surface area contributed by atoms with Crippen molar-refractivity contribution in [2.24, 2.45) is 0 Å². The molecular formula is C20H24N2O3. The quantitative estimate of drug-likeness (QED) is 0.910. The molecule has 1 saturated heterocycles. The molecule has 0 spiro atoms. The molecule has 1 aliphatic rings. The van der Waals surface area contributed by atoms with Gasteiger partial charge in [-0.1, -0.05) is 42.5 Å². The monoisotopic (exact) mass is 340 g/mol. The summed E-state index contributed by atoms with van der Waals surface area (Å²) in [7, 11) is 1.65. The summed E-state index contributed by atoms with van der Waals surface area (Å²) in [6, 6.07) is 17.9. The normalized spacial score (nSPS) is 17.2. The highest BCUT2D eigenvalue weighted by atomic mass is 16.5. The minimum Gasteiger partial charge on any atom is -0.497 e. The summed E-state index contributed by atoms with van der Waals surface area (Å²) in [5.74, 6) is 0.841. The molecule has 0 aliphatic carbocycles. The fourth-order valence-electron chi connectivity index (χ4n) is 2.92. The summed E-state index contributed by atoms with van der Waals surface area (Å²) >= 11 is 0. The molecular weight excluding hydrogens is 316 g/mol. The van der Waals surface area contributed by atoms with Crippen molar-refractivity contribution in [3.63, 3.8) is 0 Å². The van der Waals surface area contributed by atoms with Crippen LogP contribution in [0.1, 0.15) is 17.2 Å². The summed E-state index contributed by atoms with van der Waals surface area (Å²) in [5.41, 5.74) is 2.28. The van der Waals surface area contributed by atoms with Gasteiger partial charge in [0.2, 0.25) is 0 Å². The smallest absolute Gasteiger partial charge is 0.317 e. The van der Waals surface area contributed by atoms with Crippen LogP contribution >= 0.6 is 0 Å². The highest BCUT2D eigenvalue weighted by molar-refractivity contribution is 5.74. The van der Waals surface area contributed by atoms with Crippen molar-refractivity contribution in [2.45, 2.75) is 12.5 Å². The van der Waals surface area contributed by atoms with Gasteiger partial charge in [0, 0.05) is 13.1 Å². The molecule has 25 heavy (non-hydrogen) atoms. The molecule has 1 aliphatic heterocycles. The molecule has 1 heterocycles. The van der Waals surface area contributed by atoms with Crippen LogP contribution in [0.5, 0.6) is 5.75 Å². The van der Waals surface area contributed by atoms with Gasteiger partial charge in [0.1, 0.15) is 11.9 Å². The van der Waals surface area contributed by atoms with Gasteiger partial charge in [-0.15, -0.1) is 0 Å². The highest BCUT2D eigenvalue weighted by Crippen LogP contribution is 2.21. The van der Waals surface area contributed by atoms with Gasteiger partial charge in [0.25, 0.3) is 0 Å². The fourth-order valence-corrected chi connectivity index (χ4v) is 2.92. The summed E-state index contributed by atoms with van der Waals surface area (Å²) in [5, 5.41) is 3.00. The van der Waals surface area contributed by atoms with Gasteiger partial charge in [-0.2, -0.15) is 0 Å². The lowest BCUT2D eigenvalue weighted by Gasteiger charge is -2.33. The Morgan fingerprint density at radius 1 is 1.20 bits per heavy atom. The standard InChI is InChI=1S/C20H24N2O3/c1-24-18-9-7-16(8-10-18)11-12-21-20(23)22-13-14-25-19(15-22)17-5-3-2-4-6-17/h2-10,19H,11-15H2,1H3,(H,21,23)/t19-/m0/s1. The molecule has 132 valence electrons. The molecule has 2 amide bonds. The van der Waals surface area contributed by atoms with Crippen LogP contribution in [-0.4, -0.2) is 44.3 Å². The number of urea groups is 1. The summed E-state index contributed by atoms with van der Waals surface area (Å²) < 4.78 is 11.0. The Hall–Kier alpha value is -2.53. The van der Waals surface area contributed by atoms with E-state index in [2.05, 4.69) is 5.32 Å². The van der Waals surface area contributed by atoms with Crippen molar-refractivity contribution in [1.82, 2.24) is 10.2 Å². The molecule has 0 radical (unpaired) electrons. The van der Waals surface area contributed by atoms with Crippen LogP contribution in [0.3, 0.4) is 0 Å². The molecule has 5 nitrogen and oxygen atoms in total. The Labute approximate surface area is 148 Å². The Morgan fingerprint density at radius 3 is 2.68 bits per heavy atom. The summed E-state index contributed by atoms with van der Waals surface area (Å²) in [6.45, 7) is 2.38. The predicted octanol–water partition coefficient (Wildman–Crippen LogP) is 3.02. The SMILES string of the molecule is COc1ccc(CCNC(=O)N2CCO[C@H](c3ccccc3)C2)cc1. The maximum Gasteiger partial charge on any atom is 0.317 e. The van der Waals surface area contributed by atoms with E-state index in [-0.39, 0.29) is 12.1 Å². The Balaban J connectivity index is 1.47. The van der Waals surface area contributed by atoms with Gasteiger partial charge in [-0.3, -0.25) is 0 Å². The largest absolute Gasteiger partial charge is 0.497 e. The van der Waals surface area contributed by atoms with Crippen LogP contribution < -0.4 is 10.1 Å². The minimum absolute atomic E-state index is 0.0299. The van der Waals surface area contributed by atoms with E-state index in [1.165, 1.54) is 5.56 Å². The maximum absolute atomic E-state index is 12.4. The number of nitrogens with one attached hydrogen (secondary N) is 1. The number of morpholine rings is 1. The lowest BCUT2D eigenvalue weighted by atomic mass is 10.1. The summed E-state index contributed by atoms with van der Waals surface area (Å²) in [6.07, 6.45) is 0.740. The molecule has 3 rings (SSSR count). The zero-order valence-electron chi connectivity index (χ0n) is 14.5. The number of hydrogen-bond acceptors (Lipinski definition) is 3. The third kappa shape index (κ3) is 4.73. The highest BCUT2D eigenvalue weighted by Gasteiger charge is 2.24. The van der Waals surface area contributed by atoms with Gasteiger partial charge in [0.15, 0.2) is 0 Å². The predicted molar refractivity (Wildman–Crippen MR) is 96.8 cm³/mol. The molecule has 1 atom stereocenters. The topological polar surface area (TPSA) is 50.8 Å². The van der Waals surface area contributed by atoms with Crippen LogP contribution in [-0.2, 0) is 11.2 Å². The molecule has 0 bridgehead atoms. The van der Waals surface area contributed by atoms with E-state index < -0.39 is 0 Å². The second-order valence-electron chi connectivity index (χ2n) is 6.05. The number of ether oxygens (including phenoxy) is 2. The van der Waals surface area contributed by atoms with E-state index >= 15 is 0 Å². The molecule has 1 fully saturated rings. The number of carbonyl (C=O) groups is 1. The van der Waals surface area contributed by atoms with Gasteiger partial charge in [-0.25, -0.2) is 4.79 Å². The lowest BCUT2D eigenvalue weighted by molar-refractivity contribution is -0.0153. The molecule has 1 N–H and O–H groups in total. The maximum atomic E-state index is 12.4. The lowest BCUT2D eigenvalue weighted by Crippen LogP contribution is -2.47. The number of benzene rings is 2. The number of carbonyl (C=O) groups excluding carboxylic acids is 1. The van der Waals surface area contributed by atoms with E-state index in [1.807, 2.05) is 59.5 Å². The average Bonchev–Trinajstić information content (AvgIpc) is 2.69. The van der Waals surface area contributed by atoms with E-state index in [4.69, 9.17) is 9.47 Å². The molecule has 0 saturated carbocycles. The minimum atomic E-state index is -0.0534. The zero-order valence-corrected chi connectivity index (χ0v) is 14.5. The van der Waals surface area contributed by atoms with Crippen molar-refractivity contribution in [3.05, 3.63) is 65.7 Å². The van der Waals surface area contributed by atoms with E-state index in [9.17, 15) is 4.79 Å². The first-order valence-corrected chi connectivity index (χ1v) is 8.58. The number of methoxy groups -OCH3 is 1. The first kappa shape index (κ1) is 17.3. The molecule has 0 unspecified atom stereocenters. The van der Waals surface area contributed by atoms with Crippen molar-refractivity contribution in [1.29, 1.82) is 0 Å². The van der Waals surface area contributed by atoms with Gasteiger partial charge in [-0.05, 0) is 29.7 Å². The van der Waals surface area contributed by atoms with Crippen LogP contribution in [0.4, 0.5) is 4.79 Å². The van der Waals surface area contributed by atoms with Crippen molar-refractivity contribution < 1.29 is 14.3 Å². The number of rotatable bonds is 5. The Bertz CT molecular complexity index is 673. The van der Waals surface area contributed by atoms with E-state index in [1.54, 1.807) is 7.11 Å².